The number of hydrogen-bond acceptors (Lipinski definition) is 7. The van der Waals surface area contributed by atoms with Gasteiger partial charge in [-0.2, -0.15) is 13.7 Å². The standard InChI is InChI=1S/C23H18N4O4S/c24-13-15-8-11-20(27-19-6-2-1-5-18(19)25)22(23(15)32(29,30)31)26-16-9-10-17-14(12-16)4-3-7-21(17)28/h1-12,26-28H,25H2,(H,29,30,31). The van der Waals surface area contributed by atoms with E-state index >= 15 is 0 Å². The quantitative estimate of drug-likeness (QED) is 0.218. The smallest absolute Gasteiger partial charge is 0.298 e. The number of aromatic hydroxyl groups is 1. The average molecular weight is 446 g/mol. The van der Waals surface area contributed by atoms with Crippen molar-refractivity contribution < 1.29 is 18.1 Å². The molecule has 0 aliphatic heterocycles. The summed E-state index contributed by atoms with van der Waals surface area (Å²) in [4.78, 5) is -0.560. The lowest BCUT2D eigenvalue weighted by Gasteiger charge is -2.19. The number of phenolic OH excluding ortho intramolecular Hbond substituents is 1. The molecule has 0 heterocycles. The van der Waals surface area contributed by atoms with E-state index in [1.807, 2.05) is 0 Å². The van der Waals surface area contributed by atoms with Crippen molar-refractivity contribution in [3.63, 3.8) is 0 Å². The van der Waals surface area contributed by atoms with E-state index in [2.05, 4.69) is 10.6 Å². The lowest BCUT2D eigenvalue weighted by atomic mass is 10.1. The Labute approximate surface area is 184 Å². The molecule has 0 aromatic heterocycles. The second-order valence-corrected chi connectivity index (χ2v) is 8.36. The van der Waals surface area contributed by atoms with Gasteiger partial charge in [0.1, 0.15) is 16.7 Å². The Bertz CT molecular complexity index is 1490. The molecule has 160 valence electrons. The monoisotopic (exact) mass is 446 g/mol. The predicted molar refractivity (Wildman–Crippen MR) is 124 cm³/mol. The fourth-order valence-electron chi connectivity index (χ4n) is 3.41. The molecule has 0 fully saturated rings. The molecule has 0 radical (unpaired) electrons. The van der Waals surface area contributed by atoms with Gasteiger partial charge in [-0.15, -0.1) is 0 Å². The molecule has 4 aromatic carbocycles. The van der Waals surface area contributed by atoms with Crippen LogP contribution in [0.3, 0.4) is 0 Å². The maximum atomic E-state index is 12.2. The minimum atomic E-state index is -4.77. The van der Waals surface area contributed by atoms with Crippen LogP contribution in [-0.2, 0) is 10.1 Å². The van der Waals surface area contributed by atoms with E-state index in [-0.39, 0.29) is 22.7 Å². The highest BCUT2D eigenvalue weighted by atomic mass is 32.2. The zero-order valence-corrected chi connectivity index (χ0v) is 17.4. The number of fused-ring (bicyclic) bond motifs is 1. The normalized spacial score (nSPS) is 11.1. The van der Waals surface area contributed by atoms with E-state index in [0.717, 1.165) is 0 Å². The maximum Gasteiger partial charge on any atom is 0.298 e. The third-order valence-corrected chi connectivity index (χ3v) is 5.83. The maximum absolute atomic E-state index is 12.2. The molecule has 4 aromatic rings. The third-order valence-electron chi connectivity index (χ3n) is 4.89. The third kappa shape index (κ3) is 4.00. The van der Waals surface area contributed by atoms with Gasteiger partial charge in [0.25, 0.3) is 10.1 Å². The van der Waals surface area contributed by atoms with E-state index < -0.39 is 15.0 Å². The fourth-order valence-corrected chi connectivity index (χ4v) is 4.22. The van der Waals surface area contributed by atoms with Crippen LogP contribution in [0.1, 0.15) is 5.56 Å². The highest BCUT2D eigenvalue weighted by Gasteiger charge is 2.24. The van der Waals surface area contributed by atoms with Crippen LogP contribution in [0, 0.1) is 11.3 Å². The Balaban J connectivity index is 1.90. The second kappa shape index (κ2) is 8.11. The van der Waals surface area contributed by atoms with Crippen LogP contribution in [0.15, 0.2) is 77.7 Å². The van der Waals surface area contributed by atoms with Crippen molar-refractivity contribution >= 4 is 49.3 Å². The number of nitriles is 1. The average Bonchev–Trinajstić information content (AvgIpc) is 2.75. The molecule has 0 amide bonds. The zero-order valence-electron chi connectivity index (χ0n) is 16.6. The summed E-state index contributed by atoms with van der Waals surface area (Å²) < 4.78 is 34.4. The lowest BCUT2D eigenvalue weighted by molar-refractivity contribution is 0.481. The first kappa shape index (κ1) is 21.0. The Morgan fingerprint density at radius 1 is 0.906 bits per heavy atom. The number of para-hydroxylation sites is 2. The van der Waals surface area contributed by atoms with Crippen molar-refractivity contribution in [3.05, 3.63) is 78.4 Å². The summed E-state index contributed by atoms with van der Waals surface area (Å²) in [5.41, 5.74) is 7.47. The van der Waals surface area contributed by atoms with Crippen molar-refractivity contribution in [2.75, 3.05) is 16.4 Å². The Morgan fingerprint density at radius 2 is 1.69 bits per heavy atom. The Kier molecular flexibility index (Phi) is 5.32. The molecule has 0 aliphatic rings. The number of nitrogens with one attached hydrogen (secondary N) is 2. The minimum absolute atomic E-state index is 0.0192. The zero-order chi connectivity index (χ0) is 22.9. The van der Waals surface area contributed by atoms with Gasteiger partial charge < -0.3 is 21.5 Å². The minimum Gasteiger partial charge on any atom is -0.507 e. The molecule has 4 rings (SSSR count). The first-order chi connectivity index (χ1) is 15.3. The van der Waals surface area contributed by atoms with Gasteiger partial charge in [0.05, 0.1) is 28.3 Å². The van der Waals surface area contributed by atoms with Crippen molar-refractivity contribution in [1.82, 2.24) is 0 Å². The summed E-state index contributed by atoms with van der Waals surface area (Å²) >= 11 is 0. The molecule has 0 saturated heterocycles. The van der Waals surface area contributed by atoms with Crippen LogP contribution in [0.25, 0.3) is 10.8 Å². The van der Waals surface area contributed by atoms with Crippen LogP contribution >= 0.6 is 0 Å². The summed E-state index contributed by atoms with van der Waals surface area (Å²) in [5.74, 6) is 0.112. The van der Waals surface area contributed by atoms with E-state index in [0.29, 0.717) is 27.8 Å². The molecule has 0 bridgehead atoms. The van der Waals surface area contributed by atoms with Crippen LogP contribution in [0.2, 0.25) is 0 Å². The largest absolute Gasteiger partial charge is 0.507 e. The van der Waals surface area contributed by atoms with Gasteiger partial charge in [0, 0.05) is 11.1 Å². The van der Waals surface area contributed by atoms with Gasteiger partial charge >= 0.3 is 0 Å². The molecule has 6 N–H and O–H groups in total. The van der Waals surface area contributed by atoms with E-state index in [1.165, 1.54) is 12.1 Å². The summed E-state index contributed by atoms with van der Waals surface area (Å²) in [5, 5.41) is 26.8. The molecular weight excluding hydrogens is 428 g/mol. The molecule has 0 aliphatic carbocycles. The predicted octanol–water partition coefficient (Wildman–Crippen LogP) is 4.73. The van der Waals surface area contributed by atoms with Crippen LogP contribution < -0.4 is 16.4 Å². The van der Waals surface area contributed by atoms with E-state index in [4.69, 9.17) is 5.73 Å². The van der Waals surface area contributed by atoms with Gasteiger partial charge in [-0.05, 0) is 53.9 Å². The number of nitrogen functional groups attached to an aromatic ring is 1. The van der Waals surface area contributed by atoms with Gasteiger partial charge in [0.2, 0.25) is 0 Å². The second-order valence-electron chi connectivity index (χ2n) is 7.00. The van der Waals surface area contributed by atoms with Crippen molar-refractivity contribution in [3.8, 4) is 11.8 Å². The molecule has 8 nitrogen and oxygen atoms in total. The summed E-state index contributed by atoms with van der Waals surface area (Å²) in [6.07, 6.45) is 0. The fraction of sp³-hybridized carbons (Fsp3) is 0. The van der Waals surface area contributed by atoms with Crippen molar-refractivity contribution in [1.29, 1.82) is 5.26 Å². The van der Waals surface area contributed by atoms with E-state index in [9.17, 15) is 23.3 Å². The molecule has 32 heavy (non-hydrogen) atoms. The van der Waals surface area contributed by atoms with Gasteiger partial charge in [0.15, 0.2) is 0 Å². The number of rotatable bonds is 5. The lowest BCUT2D eigenvalue weighted by Crippen LogP contribution is -2.09. The molecule has 0 spiro atoms. The SMILES string of the molecule is N#Cc1ccc(Nc2ccccc2N)c(Nc2ccc3c(O)cccc3c2)c1S(=O)(=O)O. The summed E-state index contributed by atoms with van der Waals surface area (Å²) in [6.45, 7) is 0. The number of nitrogens with two attached hydrogens (primary N) is 1. The number of hydrogen-bond donors (Lipinski definition) is 5. The van der Waals surface area contributed by atoms with Crippen molar-refractivity contribution in [2.45, 2.75) is 4.90 Å². The van der Waals surface area contributed by atoms with Gasteiger partial charge in [-0.3, -0.25) is 4.55 Å². The highest BCUT2D eigenvalue weighted by Crippen LogP contribution is 2.38. The molecular formula is C23H18N4O4S. The Hall–Kier alpha value is -4.26. The molecule has 0 unspecified atom stereocenters. The summed E-state index contributed by atoms with van der Waals surface area (Å²) in [6, 6.07) is 21.6. The number of nitrogens with zero attached hydrogens (tertiary/aromatic N) is 1. The summed E-state index contributed by atoms with van der Waals surface area (Å²) in [7, 11) is -4.77. The first-order valence-electron chi connectivity index (χ1n) is 9.43. The van der Waals surface area contributed by atoms with Gasteiger partial charge in [-0.25, -0.2) is 0 Å². The van der Waals surface area contributed by atoms with Crippen LogP contribution in [-0.4, -0.2) is 18.1 Å². The molecule has 0 atom stereocenters. The van der Waals surface area contributed by atoms with Crippen molar-refractivity contribution in [2.24, 2.45) is 0 Å². The Morgan fingerprint density at radius 3 is 2.41 bits per heavy atom. The molecule has 0 saturated carbocycles. The van der Waals surface area contributed by atoms with E-state index in [1.54, 1.807) is 66.7 Å². The number of phenols is 1. The number of anilines is 5. The highest BCUT2D eigenvalue weighted by molar-refractivity contribution is 7.86. The molecule has 9 heteroatoms. The topological polar surface area (TPSA) is 148 Å². The first-order valence-corrected chi connectivity index (χ1v) is 10.9. The van der Waals surface area contributed by atoms with Gasteiger partial charge in [-0.1, -0.05) is 24.3 Å². The van der Waals surface area contributed by atoms with Crippen LogP contribution in [0.5, 0.6) is 5.75 Å². The van der Waals surface area contributed by atoms with Crippen LogP contribution in [0.4, 0.5) is 28.4 Å². The number of benzene rings is 4.